The zero-order valence-corrected chi connectivity index (χ0v) is 11.9. The Morgan fingerprint density at radius 1 is 1.50 bits per heavy atom. The molecule has 0 fully saturated rings. The molecule has 0 aromatic heterocycles. The highest BCUT2D eigenvalue weighted by Crippen LogP contribution is 2.13. The molecular formula is C12H14BrFN2O2. The van der Waals surface area contributed by atoms with Gasteiger partial charge in [-0.3, -0.25) is 0 Å². The molecule has 0 saturated carbocycles. The summed E-state index contributed by atoms with van der Waals surface area (Å²) in [5.41, 5.74) is 1.84. The molecule has 4 nitrogen and oxygen atoms in total. The quantitative estimate of drug-likeness (QED) is 0.671. The van der Waals surface area contributed by atoms with E-state index in [4.69, 9.17) is 4.74 Å². The Morgan fingerprint density at radius 2 is 2.17 bits per heavy atom. The average molecular weight is 317 g/mol. The highest BCUT2D eigenvalue weighted by atomic mass is 79.9. The van der Waals surface area contributed by atoms with Gasteiger partial charge in [0.15, 0.2) is 0 Å². The van der Waals surface area contributed by atoms with E-state index in [2.05, 4.69) is 26.5 Å². The molecule has 98 valence electrons. The Hall–Kier alpha value is -1.43. The fourth-order valence-electron chi connectivity index (χ4n) is 1.06. The second-order valence-electron chi connectivity index (χ2n) is 4.54. The third kappa shape index (κ3) is 5.27. The van der Waals surface area contributed by atoms with Crippen molar-refractivity contribution in [1.29, 1.82) is 0 Å². The molecule has 0 atom stereocenters. The molecule has 1 N–H and O–H groups in total. The van der Waals surface area contributed by atoms with Crippen LogP contribution in [0.2, 0.25) is 0 Å². The molecule has 1 amide bonds. The van der Waals surface area contributed by atoms with E-state index in [1.807, 2.05) is 0 Å². The summed E-state index contributed by atoms with van der Waals surface area (Å²) in [6.07, 6.45) is 0.530. The number of hydrazone groups is 1. The van der Waals surface area contributed by atoms with Crippen molar-refractivity contribution in [3.8, 4) is 0 Å². The first-order valence-electron chi connectivity index (χ1n) is 5.25. The summed E-state index contributed by atoms with van der Waals surface area (Å²) in [7, 11) is 0. The lowest BCUT2D eigenvalue weighted by molar-refractivity contribution is 0.0529. The summed E-state index contributed by atoms with van der Waals surface area (Å²) in [5.74, 6) is -0.431. The number of rotatable bonds is 2. The summed E-state index contributed by atoms with van der Waals surface area (Å²) in [4.78, 5) is 11.2. The summed E-state index contributed by atoms with van der Waals surface area (Å²) in [5, 5.41) is 3.61. The monoisotopic (exact) mass is 316 g/mol. The number of amides is 1. The van der Waals surface area contributed by atoms with E-state index in [-0.39, 0.29) is 5.56 Å². The summed E-state index contributed by atoms with van der Waals surface area (Å²) in [6.45, 7) is 5.22. The number of ether oxygens (including phenoxy) is 1. The number of carbonyl (C=O) groups excluding carboxylic acids is 1. The van der Waals surface area contributed by atoms with Crippen LogP contribution in [0.1, 0.15) is 26.3 Å². The van der Waals surface area contributed by atoms with Crippen LogP contribution in [0, 0.1) is 5.82 Å². The van der Waals surface area contributed by atoms with Crippen LogP contribution in [-0.2, 0) is 4.74 Å². The van der Waals surface area contributed by atoms with Gasteiger partial charge in [-0.25, -0.2) is 14.6 Å². The predicted molar refractivity (Wildman–Crippen MR) is 71.1 cm³/mol. The standard InChI is InChI=1S/C12H14BrFN2O2/c1-12(2,3)18-11(17)16-15-7-8-4-5-9(13)6-10(8)14/h4-7H,1-3H3,(H,16,17)/b15-7+. The van der Waals surface area contributed by atoms with Gasteiger partial charge >= 0.3 is 6.09 Å². The molecular weight excluding hydrogens is 303 g/mol. The van der Waals surface area contributed by atoms with Crippen LogP contribution in [0.25, 0.3) is 0 Å². The molecule has 0 heterocycles. The van der Waals surface area contributed by atoms with Gasteiger partial charge in [0.25, 0.3) is 0 Å². The molecule has 1 aromatic carbocycles. The van der Waals surface area contributed by atoms with E-state index in [0.29, 0.717) is 4.47 Å². The molecule has 6 heteroatoms. The third-order valence-corrected chi connectivity index (χ3v) is 2.21. The smallest absolute Gasteiger partial charge is 0.428 e. The molecule has 0 saturated heterocycles. The number of hydrogen-bond acceptors (Lipinski definition) is 3. The first kappa shape index (κ1) is 14.6. The first-order chi connectivity index (χ1) is 8.28. The third-order valence-electron chi connectivity index (χ3n) is 1.72. The van der Waals surface area contributed by atoms with Gasteiger partial charge in [-0.15, -0.1) is 0 Å². The fourth-order valence-corrected chi connectivity index (χ4v) is 1.39. The molecule has 0 spiro atoms. The van der Waals surface area contributed by atoms with Crippen molar-refractivity contribution in [3.05, 3.63) is 34.1 Å². The van der Waals surface area contributed by atoms with Gasteiger partial charge in [0.1, 0.15) is 11.4 Å². The molecule has 0 bridgehead atoms. The Labute approximate surface area is 113 Å². The van der Waals surface area contributed by atoms with Gasteiger partial charge in [0.2, 0.25) is 0 Å². The minimum atomic E-state index is -0.684. The average Bonchev–Trinajstić information content (AvgIpc) is 2.18. The summed E-state index contributed by atoms with van der Waals surface area (Å²) >= 11 is 3.15. The molecule has 0 aliphatic heterocycles. The zero-order chi connectivity index (χ0) is 13.8. The lowest BCUT2D eigenvalue weighted by Crippen LogP contribution is -2.29. The highest BCUT2D eigenvalue weighted by Gasteiger charge is 2.15. The largest absolute Gasteiger partial charge is 0.443 e. The van der Waals surface area contributed by atoms with E-state index in [0.717, 1.165) is 0 Å². The normalized spacial score (nSPS) is 11.6. The Balaban J connectivity index is 2.58. The lowest BCUT2D eigenvalue weighted by atomic mass is 10.2. The van der Waals surface area contributed by atoms with Crippen molar-refractivity contribution in [2.45, 2.75) is 26.4 Å². The number of nitrogens with zero attached hydrogens (tertiary/aromatic N) is 1. The molecule has 0 unspecified atom stereocenters. The fraction of sp³-hybridized carbons (Fsp3) is 0.333. The second-order valence-corrected chi connectivity index (χ2v) is 5.45. The SMILES string of the molecule is CC(C)(C)OC(=O)N/N=C/c1ccc(Br)cc1F. The van der Waals surface area contributed by atoms with Crippen molar-refractivity contribution >= 4 is 28.2 Å². The van der Waals surface area contributed by atoms with Crippen LogP contribution in [0.4, 0.5) is 9.18 Å². The van der Waals surface area contributed by atoms with Gasteiger partial charge in [0, 0.05) is 10.0 Å². The lowest BCUT2D eigenvalue weighted by Gasteiger charge is -2.18. The zero-order valence-electron chi connectivity index (χ0n) is 10.3. The topological polar surface area (TPSA) is 50.7 Å². The minimum Gasteiger partial charge on any atom is -0.443 e. The maximum Gasteiger partial charge on any atom is 0.428 e. The molecule has 0 radical (unpaired) electrons. The van der Waals surface area contributed by atoms with E-state index >= 15 is 0 Å². The minimum absolute atomic E-state index is 0.272. The number of halogens is 2. The maximum atomic E-state index is 13.4. The van der Waals surface area contributed by atoms with Crippen LogP contribution < -0.4 is 5.43 Å². The van der Waals surface area contributed by atoms with Crippen molar-refractivity contribution < 1.29 is 13.9 Å². The number of benzene rings is 1. The van der Waals surface area contributed by atoms with E-state index in [9.17, 15) is 9.18 Å². The van der Waals surface area contributed by atoms with Gasteiger partial charge in [-0.2, -0.15) is 5.10 Å². The summed E-state index contributed by atoms with van der Waals surface area (Å²) < 4.78 is 19.0. The molecule has 1 rings (SSSR count). The van der Waals surface area contributed by atoms with Crippen LogP contribution in [0.3, 0.4) is 0 Å². The van der Waals surface area contributed by atoms with Crippen LogP contribution >= 0.6 is 15.9 Å². The maximum absolute atomic E-state index is 13.4. The van der Waals surface area contributed by atoms with Gasteiger partial charge in [-0.05, 0) is 39.0 Å². The van der Waals surface area contributed by atoms with Crippen molar-refractivity contribution in [2.75, 3.05) is 0 Å². The predicted octanol–water partition coefficient (Wildman–Crippen LogP) is 3.45. The van der Waals surface area contributed by atoms with E-state index in [1.165, 1.54) is 12.3 Å². The number of carbonyl (C=O) groups is 1. The first-order valence-corrected chi connectivity index (χ1v) is 6.04. The van der Waals surface area contributed by atoms with Crippen molar-refractivity contribution in [1.82, 2.24) is 5.43 Å². The van der Waals surface area contributed by atoms with Crippen molar-refractivity contribution in [2.24, 2.45) is 5.10 Å². The van der Waals surface area contributed by atoms with Crippen molar-refractivity contribution in [3.63, 3.8) is 0 Å². The van der Waals surface area contributed by atoms with Gasteiger partial charge < -0.3 is 4.74 Å². The number of nitrogens with one attached hydrogen (secondary N) is 1. The molecule has 1 aromatic rings. The van der Waals surface area contributed by atoms with Crippen LogP contribution in [0.5, 0.6) is 0 Å². The molecule has 0 aliphatic rings. The number of hydrogen-bond donors (Lipinski definition) is 1. The van der Waals surface area contributed by atoms with Crippen LogP contribution in [-0.4, -0.2) is 17.9 Å². The van der Waals surface area contributed by atoms with E-state index in [1.54, 1.807) is 32.9 Å². The summed E-state index contributed by atoms with van der Waals surface area (Å²) in [6, 6.07) is 4.53. The Bertz CT molecular complexity index is 470. The van der Waals surface area contributed by atoms with Gasteiger partial charge in [-0.1, -0.05) is 15.9 Å². The van der Waals surface area contributed by atoms with Crippen LogP contribution in [0.15, 0.2) is 27.8 Å². The van der Waals surface area contributed by atoms with E-state index < -0.39 is 17.5 Å². The Kier molecular flexibility index (Phi) is 4.84. The highest BCUT2D eigenvalue weighted by molar-refractivity contribution is 9.10. The Morgan fingerprint density at radius 3 is 2.72 bits per heavy atom. The second kappa shape index (κ2) is 5.95. The van der Waals surface area contributed by atoms with Gasteiger partial charge in [0.05, 0.1) is 6.21 Å². The molecule has 18 heavy (non-hydrogen) atoms. The molecule has 0 aliphatic carbocycles.